The first-order valence-electron chi connectivity index (χ1n) is 5.28. The second-order valence-electron chi connectivity index (χ2n) is 3.63. The Morgan fingerprint density at radius 2 is 2.40 bits per heavy atom. The number of rotatable bonds is 5. The average Bonchev–Trinajstić information content (AvgIpc) is 2.57. The molecule has 1 amide bonds. The highest BCUT2D eigenvalue weighted by Gasteiger charge is 2.32. The van der Waals surface area contributed by atoms with Gasteiger partial charge in [0.05, 0.1) is 13.2 Å². The predicted octanol–water partition coefficient (Wildman–Crippen LogP) is -0.240. The lowest BCUT2D eigenvalue weighted by atomic mass is 10.2. The van der Waals surface area contributed by atoms with Crippen molar-refractivity contribution in [3.05, 3.63) is 0 Å². The van der Waals surface area contributed by atoms with Crippen molar-refractivity contribution >= 4 is 11.9 Å². The Labute approximate surface area is 89.8 Å². The van der Waals surface area contributed by atoms with Crippen LogP contribution in [0.1, 0.15) is 19.8 Å². The van der Waals surface area contributed by atoms with E-state index in [0.29, 0.717) is 6.54 Å². The normalized spacial score (nSPS) is 20.8. The van der Waals surface area contributed by atoms with Gasteiger partial charge in [-0.1, -0.05) is 6.92 Å². The van der Waals surface area contributed by atoms with E-state index in [4.69, 9.17) is 0 Å². The maximum absolute atomic E-state index is 11.7. The fraction of sp³-hybridized carbons (Fsp3) is 0.800. The van der Waals surface area contributed by atoms with Crippen LogP contribution in [0.5, 0.6) is 0 Å². The number of likely N-dealkylation sites (tertiary alicyclic amines) is 1. The van der Waals surface area contributed by atoms with E-state index in [1.54, 1.807) is 4.90 Å². The molecule has 1 aliphatic heterocycles. The van der Waals surface area contributed by atoms with Crippen molar-refractivity contribution in [1.82, 2.24) is 10.2 Å². The summed E-state index contributed by atoms with van der Waals surface area (Å²) in [6, 6.07) is -0.116. The van der Waals surface area contributed by atoms with Gasteiger partial charge in [0.15, 0.2) is 0 Å². The van der Waals surface area contributed by atoms with Crippen LogP contribution >= 0.6 is 0 Å². The summed E-state index contributed by atoms with van der Waals surface area (Å²) in [5.74, 6) is -0.353. The number of hydrogen-bond donors (Lipinski definition) is 1. The molecule has 1 heterocycles. The number of carbonyl (C=O) groups is 2. The zero-order valence-electron chi connectivity index (χ0n) is 9.28. The summed E-state index contributed by atoms with van der Waals surface area (Å²) >= 11 is 0. The minimum atomic E-state index is -0.362. The van der Waals surface area contributed by atoms with Gasteiger partial charge < -0.3 is 15.0 Å². The van der Waals surface area contributed by atoms with Crippen molar-refractivity contribution in [2.45, 2.75) is 25.8 Å². The van der Waals surface area contributed by atoms with Crippen molar-refractivity contribution in [1.29, 1.82) is 0 Å². The van der Waals surface area contributed by atoms with Gasteiger partial charge in [-0.15, -0.1) is 0 Å². The lowest BCUT2D eigenvalue weighted by Gasteiger charge is -2.15. The molecule has 0 spiro atoms. The second-order valence-corrected chi connectivity index (χ2v) is 3.63. The molecule has 1 rings (SSSR count). The summed E-state index contributed by atoms with van der Waals surface area (Å²) in [6.45, 7) is 3.59. The van der Waals surface area contributed by atoms with Crippen LogP contribution < -0.4 is 5.32 Å². The maximum Gasteiger partial charge on any atom is 0.325 e. The van der Waals surface area contributed by atoms with E-state index >= 15 is 0 Å². The van der Waals surface area contributed by atoms with Crippen LogP contribution in [-0.4, -0.2) is 49.6 Å². The van der Waals surface area contributed by atoms with Gasteiger partial charge in [0, 0.05) is 6.54 Å². The fourth-order valence-corrected chi connectivity index (χ4v) is 1.62. The SMILES string of the molecule is CCCNC1CCN(CC(=O)OC)C1=O. The average molecular weight is 214 g/mol. The van der Waals surface area contributed by atoms with Gasteiger partial charge in [-0.2, -0.15) is 0 Å². The van der Waals surface area contributed by atoms with Gasteiger partial charge in [0.25, 0.3) is 0 Å². The van der Waals surface area contributed by atoms with Crippen LogP contribution in [-0.2, 0) is 14.3 Å². The lowest BCUT2D eigenvalue weighted by molar-refractivity contribution is -0.145. The van der Waals surface area contributed by atoms with E-state index < -0.39 is 0 Å². The summed E-state index contributed by atoms with van der Waals surface area (Å²) in [4.78, 5) is 24.3. The molecule has 5 heteroatoms. The van der Waals surface area contributed by atoms with Crippen molar-refractivity contribution < 1.29 is 14.3 Å². The molecule has 5 nitrogen and oxygen atoms in total. The molecule has 0 bridgehead atoms. The van der Waals surface area contributed by atoms with E-state index in [1.165, 1.54) is 7.11 Å². The second kappa shape index (κ2) is 5.70. The summed E-state index contributed by atoms with van der Waals surface area (Å²) < 4.78 is 4.52. The summed E-state index contributed by atoms with van der Waals surface area (Å²) in [5, 5.41) is 3.16. The van der Waals surface area contributed by atoms with E-state index in [1.807, 2.05) is 0 Å². The van der Waals surface area contributed by atoms with Gasteiger partial charge in [0.1, 0.15) is 6.54 Å². The molecule has 0 radical (unpaired) electrons. The van der Waals surface area contributed by atoms with E-state index in [2.05, 4.69) is 17.0 Å². The fourth-order valence-electron chi connectivity index (χ4n) is 1.62. The van der Waals surface area contributed by atoms with Crippen LogP contribution in [0, 0.1) is 0 Å². The number of ether oxygens (including phenoxy) is 1. The Morgan fingerprint density at radius 3 is 3.00 bits per heavy atom. The standard InChI is InChI=1S/C10H18N2O3/c1-3-5-11-8-4-6-12(10(8)14)7-9(13)15-2/h8,11H,3-7H2,1-2H3. The van der Waals surface area contributed by atoms with Crippen LogP contribution in [0.3, 0.4) is 0 Å². The molecule has 15 heavy (non-hydrogen) atoms. The molecule has 0 aromatic carbocycles. The van der Waals surface area contributed by atoms with Crippen LogP contribution in [0.15, 0.2) is 0 Å². The molecule has 1 fully saturated rings. The van der Waals surface area contributed by atoms with E-state index in [9.17, 15) is 9.59 Å². The number of methoxy groups -OCH3 is 1. The van der Waals surface area contributed by atoms with Gasteiger partial charge in [-0.3, -0.25) is 9.59 Å². The Hall–Kier alpha value is -1.10. The zero-order chi connectivity index (χ0) is 11.3. The monoisotopic (exact) mass is 214 g/mol. The van der Waals surface area contributed by atoms with E-state index in [0.717, 1.165) is 19.4 Å². The van der Waals surface area contributed by atoms with Crippen LogP contribution in [0.2, 0.25) is 0 Å². The molecule has 0 aliphatic carbocycles. The van der Waals surface area contributed by atoms with Crippen molar-refractivity contribution in [3.8, 4) is 0 Å². The van der Waals surface area contributed by atoms with Gasteiger partial charge in [-0.25, -0.2) is 0 Å². The molecule has 1 saturated heterocycles. The van der Waals surface area contributed by atoms with Crippen LogP contribution in [0.4, 0.5) is 0 Å². The Bertz CT molecular complexity index is 243. The Kier molecular flexibility index (Phi) is 4.55. The first kappa shape index (κ1) is 12.0. The Balaban J connectivity index is 2.38. The number of carbonyl (C=O) groups excluding carboxylic acids is 2. The molecule has 1 aliphatic rings. The molecule has 0 aromatic rings. The molecule has 86 valence electrons. The third-order valence-electron chi connectivity index (χ3n) is 2.49. The lowest BCUT2D eigenvalue weighted by Crippen LogP contribution is -2.40. The van der Waals surface area contributed by atoms with Crippen molar-refractivity contribution in [2.75, 3.05) is 26.7 Å². The minimum absolute atomic E-state index is 0.00819. The third-order valence-corrected chi connectivity index (χ3v) is 2.49. The topological polar surface area (TPSA) is 58.6 Å². The number of esters is 1. The largest absolute Gasteiger partial charge is 0.468 e. The number of nitrogens with zero attached hydrogens (tertiary/aromatic N) is 1. The van der Waals surface area contributed by atoms with Crippen LogP contribution in [0.25, 0.3) is 0 Å². The van der Waals surface area contributed by atoms with Gasteiger partial charge >= 0.3 is 5.97 Å². The maximum atomic E-state index is 11.7. The number of amides is 1. The predicted molar refractivity (Wildman–Crippen MR) is 55.3 cm³/mol. The summed E-state index contributed by atoms with van der Waals surface area (Å²) in [7, 11) is 1.33. The zero-order valence-corrected chi connectivity index (χ0v) is 9.28. The highest BCUT2D eigenvalue weighted by molar-refractivity contribution is 5.87. The number of hydrogen-bond acceptors (Lipinski definition) is 4. The molecular formula is C10H18N2O3. The molecule has 1 unspecified atom stereocenters. The molecule has 1 N–H and O–H groups in total. The summed E-state index contributed by atoms with van der Waals surface area (Å²) in [5.41, 5.74) is 0. The highest BCUT2D eigenvalue weighted by atomic mass is 16.5. The summed E-state index contributed by atoms with van der Waals surface area (Å²) in [6.07, 6.45) is 1.77. The molecular weight excluding hydrogens is 196 g/mol. The van der Waals surface area contributed by atoms with Crippen molar-refractivity contribution in [2.24, 2.45) is 0 Å². The molecule has 0 aromatic heterocycles. The van der Waals surface area contributed by atoms with Gasteiger partial charge in [0.2, 0.25) is 5.91 Å². The first-order valence-corrected chi connectivity index (χ1v) is 5.28. The number of nitrogens with one attached hydrogen (secondary N) is 1. The third kappa shape index (κ3) is 3.20. The first-order chi connectivity index (χ1) is 7.19. The minimum Gasteiger partial charge on any atom is -0.468 e. The molecule has 1 atom stereocenters. The van der Waals surface area contributed by atoms with Gasteiger partial charge in [-0.05, 0) is 19.4 Å². The van der Waals surface area contributed by atoms with Crippen molar-refractivity contribution in [3.63, 3.8) is 0 Å². The molecule has 0 saturated carbocycles. The smallest absolute Gasteiger partial charge is 0.325 e. The Morgan fingerprint density at radius 1 is 1.67 bits per heavy atom. The highest BCUT2D eigenvalue weighted by Crippen LogP contribution is 2.10. The van der Waals surface area contributed by atoms with E-state index in [-0.39, 0.29) is 24.5 Å². The quantitative estimate of drug-likeness (QED) is 0.642.